The van der Waals surface area contributed by atoms with Gasteiger partial charge in [0, 0.05) is 11.6 Å². The van der Waals surface area contributed by atoms with E-state index in [1.165, 1.54) is 0 Å². The van der Waals surface area contributed by atoms with Crippen LogP contribution in [0.1, 0.15) is 31.7 Å². The number of hydrogen-bond acceptors (Lipinski definition) is 5. The Morgan fingerprint density at radius 3 is 2.95 bits per heavy atom. The van der Waals surface area contributed by atoms with Crippen LogP contribution in [-0.2, 0) is 0 Å². The summed E-state index contributed by atoms with van der Waals surface area (Å²) in [5.41, 5.74) is 6.72. The zero-order valence-corrected chi connectivity index (χ0v) is 11.3. The molecule has 20 heavy (non-hydrogen) atoms. The van der Waals surface area contributed by atoms with Crippen molar-refractivity contribution < 1.29 is 4.52 Å². The zero-order valence-electron chi connectivity index (χ0n) is 11.3. The molecule has 0 amide bonds. The summed E-state index contributed by atoms with van der Waals surface area (Å²) >= 11 is 0. The minimum Gasteiger partial charge on any atom is -0.337 e. The lowest BCUT2D eigenvalue weighted by Crippen LogP contribution is -2.09. The molecule has 2 N–H and O–H groups in total. The van der Waals surface area contributed by atoms with E-state index in [0.29, 0.717) is 11.7 Å². The van der Waals surface area contributed by atoms with Crippen molar-refractivity contribution in [1.29, 1.82) is 0 Å². The topological polar surface area (TPSA) is 77.8 Å². The van der Waals surface area contributed by atoms with Gasteiger partial charge in [-0.25, -0.2) is 0 Å². The van der Waals surface area contributed by atoms with Crippen molar-refractivity contribution in [2.45, 2.75) is 25.8 Å². The van der Waals surface area contributed by atoms with Crippen molar-refractivity contribution in [3.63, 3.8) is 0 Å². The number of nitrogens with two attached hydrogens (primary N) is 1. The maximum absolute atomic E-state index is 5.99. The molecule has 102 valence electrons. The standard InChI is InChI=1S/C15H16N4O/c1-2-5-12(16)15-18-14(19-20-15)13-11-7-4-3-6-10(11)8-9-17-13/h3-4,6-9,12H,2,5,16H2,1H3/t12-/m0/s1. The van der Waals surface area contributed by atoms with E-state index >= 15 is 0 Å². The molecule has 0 fully saturated rings. The van der Waals surface area contributed by atoms with Crippen LogP contribution in [0.5, 0.6) is 0 Å². The van der Waals surface area contributed by atoms with Crippen LogP contribution in [0, 0.1) is 0 Å². The fourth-order valence-corrected chi connectivity index (χ4v) is 2.21. The first kappa shape index (κ1) is 12.7. The average molecular weight is 268 g/mol. The van der Waals surface area contributed by atoms with Gasteiger partial charge >= 0.3 is 0 Å². The SMILES string of the molecule is CCC[C@H](N)c1nc(-c2nccc3ccccc23)no1. The highest BCUT2D eigenvalue weighted by Gasteiger charge is 2.16. The minimum absolute atomic E-state index is 0.212. The number of hydrogen-bond donors (Lipinski definition) is 1. The lowest BCUT2D eigenvalue weighted by molar-refractivity contribution is 0.348. The van der Waals surface area contributed by atoms with Gasteiger partial charge in [0.1, 0.15) is 5.69 Å². The minimum atomic E-state index is -0.212. The molecule has 5 nitrogen and oxygen atoms in total. The third-order valence-electron chi connectivity index (χ3n) is 3.24. The number of benzene rings is 1. The van der Waals surface area contributed by atoms with Crippen molar-refractivity contribution >= 4 is 10.8 Å². The normalized spacial score (nSPS) is 12.7. The third-order valence-corrected chi connectivity index (χ3v) is 3.24. The molecular formula is C15H16N4O. The lowest BCUT2D eigenvalue weighted by atomic mass is 10.1. The van der Waals surface area contributed by atoms with Crippen LogP contribution in [-0.4, -0.2) is 15.1 Å². The van der Waals surface area contributed by atoms with Gasteiger partial charge in [-0.3, -0.25) is 4.98 Å². The Labute approximate surface area is 116 Å². The molecule has 3 rings (SSSR count). The Morgan fingerprint density at radius 2 is 2.10 bits per heavy atom. The van der Waals surface area contributed by atoms with Gasteiger partial charge in [0.2, 0.25) is 11.7 Å². The van der Waals surface area contributed by atoms with Crippen molar-refractivity contribution in [2.75, 3.05) is 0 Å². The smallest absolute Gasteiger partial charge is 0.243 e. The van der Waals surface area contributed by atoms with E-state index in [4.69, 9.17) is 10.3 Å². The van der Waals surface area contributed by atoms with Crippen LogP contribution < -0.4 is 5.73 Å². The van der Waals surface area contributed by atoms with Gasteiger partial charge in [0.05, 0.1) is 6.04 Å². The first-order chi connectivity index (χ1) is 9.79. The molecule has 1 aromatic carbocycles. The molecular weight excluding hydrogens is 252 g/mol. The quantitative estimate of drug-likeness (QED) is 0.786. The Morgan fingerprint density at radius 1 is 1.25 bits per heavy atom. The van der Waals surface area contributed by atoms with Gasteiger partial charge in [0.15, 0.2) is 0 Å². The molecule has 2 aromatic heterocycles. The summed E-state index contributed by atoms with van der Waals surface area (Å²) in [5.74, 6) is 0.958. The highest BCUT2D eigenvalue weighted by atomic mass is 16.5. The van der Waals surface area contributed by atoms with Crippen LogP contribution >= 0.6 is 0 Å². The van der Waals surface area contributed by atoms with Crippen LogP contribution in [0.25, 0.3) is 22.3 Å². The van der Waals surface area contributed by atoms with E-state index in [2.05, 4.69) is 22.0 Å². The number of rotatable bonds is 4. The molecule has 1 atom stereocenters. The van der Waals surface area contributed by atoms with Gasteiger partial charge < -0.3 is 10.3 Å². The van der Waals surface area contributed by atoms with E-state index in [-0.39, 0.29) is 6.04 Å². The van der Waals surface area contributed by atoms with Gasteiger partial charge in [-0.05, 0) is 17.9 Å². The van der Waals surface area contributed by atoms with Gasteiger partial charge in [-0.15, -0.1) is 0 Å². The monoisotopic (exact) mass is 268 g/mol. The molecule has 3 aromatic rings. The Bertz CT molecular complexity index is 717. The Hall–Kier alpha value is -2.27. The van der Waals surface area contributed by atoms with Crippen LogP contribution in [0.3, 0.4) is 0 Å². The summed E-state index contributed by atoms with van der Waals surface area (Å²) in [6, 6.07) is 9.74. The molecule has 0 aliphatic carbocycles. The van der Waals surface area contributed by atoms with E-state index < -0.39 is 0 Å². The first-order valence-corrected chi connectivity index (χ1v) is 6.73. The van der Waals surface area contributed by atoms with Crippen LogP contribution in [0.2, 0.25) is 0 Å². The maximum Gasteiger partial charge on any atom is 0.243 e. The molecule has 0 aliphatic rings. The first-order valence-electron chi connectivity index (χ1n) is 6.73. The summed E-state index contributed by atoms with van der Waals surface area (Å²) in [5, 5.41) is 6.12. The van der Waals surface area contributed by atoms with E-state index in [1.807, 2.05) is 30.3 Å². The molecule has 0 saturated heterocycles. The number of fused-ring (bicyclic) bond motifs is 1. The van der Waals surface area contributed by atoms with Crippen molar-refractivity contribution in [2.24, 2.45) is 5.73 Å². The summed E-state index contributed by atoms with van der Waals surface area (Å²) in [6.07, 6.45) is 3.55. The van der Waals surface area contributed by atoms with Crippen molar-refractivity contribution in [3.8, 4) is 11.5 Å². The number of nitrogens with zero attached hydrogens (tertiary/aromatic N) is 3. The lowest BCUT2D eigenvalue weighted by Gasteiger charge is -2.02. The maximum atomic E-state index is 5.99. The predicted molar refractivity (Wildman–Crippen MR) is 76.9 cm³/mol. The Balaban J connectivity index is 2.03. The molecule has 0 radical (unpaired) electrons. The molecule has 2 heterocycles. The molecule has 0 unspecified atom stereocenters. The molecule has 0 bridgehead atoms. The fourth-order valence-electron chi connectivity index (χ4n) is 2.21. The summed E-state index contributed by atoms with van der Waals surface area (Å²) in [6.45, 7) is 2.07. The number of pyridine rings is 1. The summed E-state index contributed by atoms with van der Waals surface area (Å²) in [7, 11) is 0. The second-order valence-corrected chi connectivity index (χ2v) is 4.73. The predicted octanol–water partition coefficient (Wildman–Crippen LogP) is 3.08. The second kappa shape index (κ2) is 5.38. The van der Waals surface area contributed by atoms with Gasteiger partial charge in [0.25, 0.3) is 0 Å². The van der Waals surface area contributed by atoms with E-state index in [0.717, 1.165) is 29.3 Å². The average Bonchev–Trinajstić information content (AvgIpc) is 2.97. The molecule has 5 heteroatoms. The van der Waals surface area contributed by atoms with Crippen molar-refractivity contribution in [3.05, 3.63) is 42.4 Å². The number of aromatic nitrogens is 3. The van der Waals surface area contributed by atoms with Gasteiger partial charge in [-0.2, -0.15) is 4.98 Å². The second-order valence-electron chi connectivity index (χ2n) is 4.73. The summed E-state index contributed by atoms with van der Waals surface area (Å²) < 4.78 is 5.26. The van der Waals surface area contributed by atoms with E-state index in [1.54, 1.807) is 6.20 Å². The molecule has 0 saturated carbocycles. The zero-order chi connectivity index (χ0) is 13.9. The van der Waals surface area contributed by atoms with Crippen molar-refractivity contribution in [1.82, 2.24) is 15.1 Å². The van der Waals surface area contributed by atoms with Crippen LogP contribution in [0.15, 0.2) is 41.1 Å². The third kappa shape index (κ3) is 2.28. The van der Waals surface area contributed by atoms with Gasteiger partial charge in [-0.1, -0.05) is 42.8 Å². The molecule has 0 spiro atoms. The highest BCUT2D eigenvalue weighted by molar-refractivity contribution is 5.92. The summed E-state index contributed by atoms with van der Waals surface area (Å²) in [4.78, 5) is 8.75. The largest absolute Gasteiger partial charge is 0.337 e. The highest BCUT2D eigenvalue weighted by Crippen LogP contribution is 2.25. The fraction of sp³-hybridized carbons (Fsp3) is 0.267. The Kier molecular flexibility index (Phi) is 3.43. The van der Waals surface area contributed by atoms with E-state index in [9.17, 15) is 0 Å². The van der Waals surface area contributed by atoms with Crippen LogP contribution in [0.4, 0.5) is 0 Å². The molecule has 0 aliphatic heterocycles.